The van der Waals surface area contributed by atoms with Crippen molar-refractivity contribution in [3.8, 4) is 6.07 Å². The molecule has 1 heterocycles. The summed E-state index contributed by atoms with van der Waals surface area (Å²) in [5.74, 6) is -0.462. The number of nitro groups is 1. The average Bonchev–Trinajstić information content (AvgIpc) is 2.29. The first-order valence-corrected chi connectivity index (χ1v) is 4.52. The molecule has 7 nitrogen and oxygen atoms in total. The van der Waals surface area contributed by atoms with E-state index in [-0.39, 0.29) is 22.6 Å². The standard InChI is InChI=1S/C10H6N4O3/c1-5-10(15)13-8-3-9(14(16)17)6(4-11)2-7(8)12-5/h2-3,12H,1H2,(H,13,15). The number of nitro benzene ring substituents is 1. The van der Waals surface area contributed by atoms with E-state index in [1.807, 2.05) is 0 Å². The largest absolute Gasteiger partial charge is 0.350 e. The van der Waals surface area contributed by atoms with Gasteiger partial charge in [-0.1, -0.05) is 6.58 Å². The van der Waals surface area contributed by atoms with E-state index < -0.39 is 10.8 Å². The molecule has 0 fully saturated rings. The van der Waals surface area contributed by atoms with Crippen LogP contribution in [0.5, 0.6) is 0 Å². The first kappa shape index (κ1) is 10.6. The molecule has 2 rings (SSSR count). The van der Waals surface area contributed by atoms with E-state index in [1.165, 1.54) is 6.07 Å². The Morgan fingerprint density at radius 2 is 2.00 bits per heavy atom. The van der Waals surface area contributed by atoms with E-state index >= 15 is 0 Å². The molecule has 0 radical (unpaired) electrons. The molecule has 1 amide bonds. The number of carbonyl (C=O) groups excluding carboxylic acids is 1. The maximum absolute atomic E-state index is 11.3. The van der Waals surface area contributed by atoms with Gasteiger partial charge in [0.1, 0.15) is 11.6 Å². The van der Waals surface area contributed by atoms with Crippen molar-refractivity contribution in [3.63, 3.8) is 0 Å². The zero-order valence-electron chi connectivity index (χ0n) is 8.48. The normalized spacial score (nSPS) is 13.1. The summed E-state index contributed by atoms with van der Waals surface area (Å²) in [6, 6.07) is 4.18. The Labute approximate surface area is 95.5 Å². The van der Waals surface area contributed by atoms with E-state index in [9.17, 15) is 14.9 Å². The number of nitrogens with zero attached hydrogens (tertiary/aromatic N) is 2. The van der Waals surface area contributed by atoms with Crippen molar-refractivity contribution in [1.29, 1.82) is 5.26 Å². The minimum Gasteiger partial charge on any atom is -0.350 e. The summed E-state index contributed by atoms with van der Waals surface area (Å²) >= 11 is 0. The summed E-state index contributed by atoms with van der Waals surface area (Å²) in [7, 11) is 0. The summed E-state index contributed by atoms with van der Waals surface area (Å²) in [6.07, 6.45) is 0. The lowest BCUT2D eigenvalue weighted by Gasteiger charge is -2.20. The van der Waals surface area contributed by atoms with Crippen LogP contribution in [0.3, 0.4) is 0 Å². The highest BCUT2D eigenvalue weighted by molar-refractivity contribution is 6.11. The predicted octanol–water partition coefficient (Wildman–Crippen LogP) is 1.34. The van der Waals surface area contributed by atoms with Gasteiger partial charge in [0.05, 0.1) is 22.0 Å². The third-order valence-corrected chi connectivity index (χ3v) is 2.26. The first-order valence-electron chi connectivity index (χ1n) is 4.52. The predicted molar refractivity (Wildman–Crippen MR) is 59.2 cm³/mol. The van der Waals surface area contributed by atoms with Crippen LogP contribution >= 0.6 is 0 Å². The van der Waals surface area contributed by atoms with E-state index in [0.29, 0.717) is 5.69 Å². The van der Waals surface area contributed by atoms with Gasteiger partial charge in [-0.3, -0.25) is 14.9 Å². The monoisotopic (exact) mass is 230 g/mol. The Morgan fingerprint density at radius 1 is 1.35 bits per heavy atom. The summed E-state index contributed by atoms with van der Waals surface area (Å²) < 4.78 is 0. The minimum atomic E-state index is -0.672. The second kappa shape index (κ2) is 3.61. The number of nitriles is 1. The van der Waals surface area contributed by atoms with Gasteiger partial charge in [-0.2, -0.15) is 5.26 Å². The lowest BCUT2D eigenvalue weighted by molar-refractivity contribution is -0.385. The average molecular weight is 230 g/mol. The molecule has 0 atom stereocenters. The van der Waals surface area contributed by atoms with Crippen molar-refractivity contribution in [2.24, 2.45) is 0 Å². The molecule has 1 aromatic rings. The number of amides is 1. The second-order valence-electron chi connectivity index (χ2n) is 3.34. The highest BCUT2D eigenvalue weighted by atomic mass is 16.6. The fraction of sp³-hybridized carbons (Fsp3) is 0. The van der Waals surface area contributed by atoms with E-state index in [1.54, 1.807) is 6.07 Å². The highest BCUT2D eigenvalue weighted by Gasteiger charge is 2.23. The molecular weight excluding hydrogens is 224 g/mol. The Kier molecular flexibility index (Phi) is 2.25. The molecule has 0 saturated carbocycles. The van der Waals surface area contributed by atoms with Crippen LogP contribution in [-0.2, 0) is 4.79 Å². The van der Waals surface area contributed by atoms with Crippen molar-refractivity contribution in [3.05, 3.63) is 40.1 Å². The smallest absolute Gasteiger partial charge is 0.289 e. The molecule has 1 aromatic carbocycles. The van der Waals surface area contributed by atoms with Crippen LogP contribution in [0.25, 0.3) is 0 Å². The molecular formula is C10H6N4O3. The van der Waals surface area contributed by atoms with E-state index in [0.717, 1.165) is 6.07 Å². The Morgan fingerprint density at radius 3 is 2.59 bits per heavy atom. The molecule has 0 aromatic heterocycles. The third kappa shape index (κ3) is 1.68. The highest BCUT2D eigenvalue weighted by Crippen LogP contribution is 2.33. The fourth-order valence-corrected chi connectivity index (χ4v) is 1.45. The van der Waals surface area contributed by atoms with Crippen LogP contribution in [0.1, 0.15) is 5.56 Å². The lowest BCUT2D eigenvalue weighted by atomic mass is 10.1. The molecule has 84 valence electrons. The zero-order valence-corrected chi connectivity index (χ0v) is 8.48. The molecule has 7 heteroatoms. The van der Waals surface area contributed by atoms with Gasteiger partial charge >= 0.3 is 0 Å². The van der Waals surface area contributed by atoms with E-state index in [4.69, 9.17) is 5.26 Å². The van der Waals surface area contributed by atoms with Crippen LogP contribution in [0.15, 0.2) is 24.4 Å². The number of hydrogen-bond donors (Lipinski definition) is 2. The van der Waals surface area contributed by atoms with Gasteiger partial charge in [0.25, 0.3) is 11.6 Å². The van der Waals surface area contributed by atoms with Crippen LogP contribution in [0.2, 0.25) is 0 Å². The number of benzene rings is 1. The van der Waals surface area contributed by atoms with Gasteiger partial charge in [0.2, 0.25) is 0 Å². The van der Waals surface area contributed by atoms with Crippen molar-refractivity contribution < 1.29 is 9.72 Å². The number of carbonyl (C=O) groups is 1. The van der Waals surface area contributed by atoms with E-state index in [2.05, 4.69) is 17.2 Å². The molecule has 0 saturated heterocycles. The van der Waals surface area contributed by atoms with Crippen molar-refractivity contribution in [2.75, 3.05) is 10.6 Å². The molecule has 2 N–H and O–H groups in total. The van der Waals surface area contributed by atoms with Gasteiger partial charge in [-0.15, -0.1) is 0 Å². The Bertz CT molecular complexity index is 600. The lowest BCUT2D eigenvalue weighted by Crippen LogP contribution is -2.24. The summed E-state index contributed by atoms with van der Waals surface area (Å²) in [5, 5.41) is 24.6. The molecule has 0 bridgehead atoms. The zero-order chi connectivity index (χ0) is 12.6. The summed E-state index contributed by atoms with van der Waals surface area (Å²) in [4.78, 5) is 21.3. The van der Waals surface area contributed by atoms with Crippen LogP contribution in [0, 0.1) is 21.4 Å². The van der Waals surface area contributed by atoms with Gasteiger partial charge in [0.15, 0.2) is 0 Å². The Hall–Kier alpha value is -2.88. The number of hydrogen-bond acceptors (Lipinski definition) is 5. The van der Waals surface area contributed by atoms with Crippen molar-refractivity contribution >= 4 is 23.0 Å². The van der Waals surface area contributed by atoms with Crippen molar-refractivity contribution in [2.45, 2.75) is 0 Å². The van der Waals surface area contributed by atoms with Gasteiger partial charge in [-0.25, -0.2) is 0 Å². The van der Waals surface area contributed by atoms with Gasteiger partial charge < -0.3 is 10.6 Å². The molecule has 17 heavy (non-hydrogen) atoms. The maximum atomic E-state index is 11.3. The SMILES string of the molecule is C=C1Nc2cc(C#N)c([N+](=O)[O-])cc2NC1=O. The summed E-state index contributed by atoms with van der Waals surface area (Å²) in [6.45, 7) is 3.47. The molecule has 1 aliphatic heterocycles. The summed E-state index contributed by atoms with van der Waals surface area (Å²) in [5.41, 5.74) is 0.367. The molecule has 0 spiro atoms. The topological polar surface area (TPSA) is 108 Å². The number of nitrogens with one attached hydrogen (secondary N) is 2. The third-order valence-electron chi connectivity index (χ3n) is 2.26. The first-order chi connectivity index (χ1) is 8.02. The maximum Gasteiger partial charge on any atom is 0.289 e. The number of fused-ring (bicyclic) bond motifs is 1. The molecule has 0 aliphatic carbocycles. The molecule has 1 aliphatic rings. The Balaban J connectivity index is 2.61. The minimum absolute atomic E-state index is 0.0785. The van der Waals surface area contributed by atoms with Gasteiger partial charge in [0, 0.05) is 6.07 Å². The quantitative estimate of drug-likeness (QED) is 0.430. The van der Waals surface area contributed by atoms with Gasteiger partial charge in [-0.05, 0) is 6.07 Å². The number of rotatable bonds is 1. The van der Waals surface area contributed by atoms with Crippen LogP contribution in [-0.4, -0.2) is 10.8 Å². The van der Waals surface area contributed by atoms with Crippen molar-refractivity contribution in [1.82, 2.24) is 0 Å². The fourth-order valence-electron chi connectivity index (χ4n) is 1.45. The second-order valence-corrected chi connectivity index (χ2v) is 3.34. The van der Waals surface area contributed by atoms with Crippen LogP contribution < -0.4 is 10.6 Å². The molecule has 0 unspecified atom stereocenters. The number of anilines is 2. The van der Waals surface area contributed by atoms with Crippen LogP contribution in [0.4, 0.5) is 17.1 Å².